The molecule has 1 aromatic carbocycles. The number of nitrogens with zero attached hydrogens (tertiary/aromatic N) is 1. The number of benzene rings is 1. The fourth-order valence-electron chi connectivity index (χ4n) is 8.75. The van der Waals surface area contributed by atoms with Crippen molar-refractivity contribution < 1.29 is 43.2 Å². The van der Waals surface area contributed by atoms with Gasteiger partial charge in [0.1, 0.15) is 5.76 Å². The minimum Gasteiger partial charge on any atom is -0.493 e. The number of carbonyl (C=O) groups excluding carboxylic acids is 3. The molecule has 10 nitrogen and oxygen atoms in total. The molecule has 1 N–H and O–H groups in total. The van der Waals surface area contributed by atoms with Crippen LogP contribution in [0.4, 0.5) is 0 Å². The van der Waals surface area contributed by atoms with E-state index in [2.05, 4.69) is 24.0 Å². The number of aliphatic hydroxyl groups is 1. The number of hydrogen-bond acceptors (Lipinski definition) is 10. The fraction of sp³-hybridized carbons (Fsp3) is 0.690. The molecule has 2 bridgehead atoms. The highest BCUT2D eigenvalue weighted by Gasteiger charge is 2.72. The van der Waals surface area contributed by atoms with Crippen LogP contribution in [0, 0.1) is 0 Å². The summed E-state index contributed by atoms with van der Waals surface area (Å²) in [6.45, 7) is 5.86. The number of carbonyl (C=O) groups is 3. The lowest BCUT2D eigenvalue weighted by atomic mass is 9.50. The van der Waals surface area contributed by atoms with Crippen molar-refractivity contribution in [2.75, 3.05) is 20.7 Å². The zero-order valence-electron chi connectivity index (χ0n) is 32.1. The topological polar surface area (TPSA) is 121 Å². The predicted molar refractivity (Wildman–Crippen MR) is 198 cm³/mol. The fourth-order valence-corrected chi connectivity index (χ4v) is 8.75. The van der Waals surface area contributed by atoms with Gasteiger partial charge in [-0.05, 0) is 90.1 Å². The van der Waals surface area contributed by atoms with Gasteiger partial charge in [-0.15, -0.1) is 0 Å². The first kappa shape index (κ1) is 39.8. The van der Waals surface area contributed by atoms with Crippen molar-refractivity contribution >= 4 is 17.9 Å². The molecule has 2 aliphatic carbocycles. The molecule has 288 valence electrons. The molecule has 1 fully saturated rings. The number of unbranched alkanes of at least 4 members (excludes halogenated alkanes) is 11. The lowest BCUT2D eigenvalue weighted by Crippen LogP contribution is -2.74. The second-order valence-electron chi connectivity index (χ2n) is 15.3. The Morgan fingerprint density at radius 3 is 2.29 bits per heavy atom. The van der Waals surface area contributed by atoms with Gasteiger partial charge in [0.2, 0.25) is 0 Å². The maximum atomic E-state index is 13.3. The number of esters is 3. The molecule has 1 saturated heterocycles. The molecule has 2 heterocycles. The summed E-state index contributed by atoms with van der Waals surface area (Å²) in [5.74, 6) is -0.639. The predicted octanol–water partition coefficient (Wildman–Crippen LogP) is 7.42. The third kappa shape index (κ3) is 8.38. The SMILES string of the molecule is CCCCCCCC/C=C\CCCCCCCC(=O)O[C@@H](C)C(=O)O[C@@H](C)C(=O)OC1=CC[C@@]2(O)[C@H]3Cc4ccc(OC)c5c4[C@@]2(CCN3C)[C@H]1O5. The van der Waals surface area contributed by atoms with Crippen molar-refractivity contribution in [2.24, 2.45) is 0 Å². The summed E-state index contributed by atoms with van der Waals surface area (Å²) in [6.07, 6.45) is 20.1. The molecule has 2 aliphatic heterocycles. The van der Waals surface area contributed by atoms with E-state index in [4.69, 9.17) is 23.7 Å². The molecule has 0 aromatic heterocycles. The first-order valence-electron chi connectivity index (χ1n) is 19.8. The van der Waals surface area contributed by atoms with Crippen molar-refractivity contribution in [3.8, 4) is 11.5 Å². The Balaban J connectivity index is 1.03. The Labute approximate surface area is 310 Å². The Hall–Kier alpha value is -3.37. The van der Waals surface area contributed by atoms with Crippen molar-refractivity contribution in [1.29, 1.82) is 0 Å². The summed E-state index contributed by atoms with van der Waals surface area (Å²) in [5, 5.41) is 12.4. The van der Waals surface area contributed by atoms with Crippen LogP contribution in [0.15, 0.2) is 36.1 Å². The molecule has 6 atom stereocenters. The van der Waals surface area contributed by atoms with Gasteiger partial charge in [0, 0.05) is 24.4 Å². The van der Waals surface area contributed by atoms with E-state index in [-0.39, 0.29) is 24.6 Å². The Kier molecular flexibility index (Phi) is 13.9. The number of methoxy groups -OCH3 is 1. The van der Waals surface area contributed by atoms with Crippen LogP contribution in [0.1, 0.15) is 135 Å². The average Bonchev–Trinajstić information content (AvgIpc) is 3.48. The molecule has 0 amide bonds. The summed E-state index contributed by atoms with van der Waals surface area (Å²) in [7, 11) is 3.61. The van der Waals surface area contributed by atoms with Gasteiger partial charge in [-0.2, -0.15) is 0 Å². The highest BCUT2D eigenvalue weighted by atomic mass is 16.6. The minimum atomic E-state index is -1.26. The normalized spacial score (nSPS) is 25.5. The molecular formula is C42H61NO9. The van der Waals surface area contributed by atoms with E-state index in [1.54, 1.807) is 13.2 Å². The van der Waals surface area contributed by atoms with Gasteiger partial charge < -0.3 is 33.7 Å². The van der Waals surface area contributed by atoms with Crippen molar-refractivity contribution in [1.82, 2.24) is 4.90 Å². The van der Waals surface area contributed by atoms with Crippen molar-refractivity contribution in [3.05, 3.63) is 47.2 Å². The molecule has 1 spiro atoms. The highest BCUT2D eigenvalue weighted by Crippen LogP contribution is 2.65. The van der Waals surface area contributed by atoms with Gasteiger partial charge in [0.25, 0.3) is 0 Å². The molecule has 0 radical (unpaired) electrons. The molecule has 52 heavy (non-hydrogen) atoms. The number of allylic oxidation sites excluding steroid dienone is 2. The van der Waals surface area contributed by atoms with E-state index in [1.165, 1.54) is 58.8 Å². The van der Waals surface area contributed by atoms with Crippen LogP contribution in [0.3, 0.4) is 0 Å². The van der Waals surface area contributed by atoms with Crippen LogP contribution in [0.25, 0.3) is 0 Å². The Morgan fingerprint density at radius 1 is 0.942 bits per heavy atom. The van der Waals surface area contributed by atoms with Crippen LogP contribution < -0.4 is 9.47 Å². The van der Waals surface area contributed by atoms with Crippen molar-refractivity contribution in [2.45, 2.75) is 165 Å². The zero-order valence-corrected chi connectivity index (χ0v) is 32.1. The molecule has 10 heteroatoms. The third-order valence-electron chi connectivity index (χ3n) is 11.7. The van der Waals surface area contributed by atoms with E-state index in [0.29, 0.717) is 30.8 Å². The van der Waals surface area contributed by atoms with Gasteiger partial charge in [0.15, 0.2) is 29.8 Å². The van der Waals surface area contributed by atoms with Gasteiger partial charge in [-0.1, -0.05) is 76.5 Å². The lowest BCUT2D eigenvalue weighted by Gasteiger charge is -2.61. The monoisotopic (exact) mass is 723 g/mol. The molecular weight excluding hydrogens is 662 g/mol. The largest absolute Gasteiger partial charge is 0.493 e. The number of piperidine rings is 1. The van der Waals surface area contributed by atoms with Crippen LogP contribution in [0.5, 0.6) is 11.5 Å². The number of ether oxygens (including phenoxy) is 5. The number of rotatable bonds is 21. The lowest BCUT2D eigenvalue weighted by molar-refractivity contribution is -0.180. The van der Waals surface area contributed by atoms with E-state index < -0.39 is 47.2 Å². The van der Waals surface area contributed by atoms with Crippen LogP contribution in [-0.4, -0.2) is 78.6 Å². The average molecular weight is 724 g/mol. The number of likely N-dealkylation sites (tertiary alicyclic amines) is 1. The van der Waals surface area contributed by atoms with Gasteiger partial charge in [0.05, 0.1) is 18.1 Å². The summed E-state index contributed by atoms with van der Waals surface area (Å²) >= 11 is 0. The van der Waals surface area contributed by atoms with E-state index in [0.717, 1.165) is 49.8 Å². The minimum absolute atomic E-state index is 0.131. The van der Waals surface area contributed by atoms with Gasteiger partial charge in [-0.3, -0.25) is 4.79 Å². The van der Waals surface area contributed by atoms with E-state index >= 15 is 0 Å². The number of hydrogen-bond donors (Lipinski definition) is 1. The Bertz CT molecular complexity index is 1470. The second kappa shape index (κ2) is 18.1. The van der Waals surface area contributed by atoms with Gasteiger partial charge in [-0.25, -0.2) is 9.59 Å². The maximum absolute atomic E-state index is 13.3. The highest BCUT2D eigenvalue weighted by molar-refractivity contribution is 5.83. The Morgan fingerprint density at radius 2 is 1.60 bits per heavy atom. The van der Waals surface area contributed by atoms with Gasteiger partial charge >= 0.3 is 17.9 Å². The van der Waals surface area contributed by atoms with Crippen LogP contribution in [0.2, 0.25) is 0 Å². The number of likely N-dealkylation sites (N-methyl/N-ethyl adjacent to an activating group) is 1. The summed E-state index contributed by atoms with van der Waals surface area (Å²) < 4.78 is 28.8. The van der Waals surface area contributed by atoms with E-state index in [1.807, 2.05) is 19.2 Å². The molecule has 0 saturated carbocycles. The molecule has 0 unspecified atom stereocenters. The maximum Gasteiger partial charge on any atom is 0.352 e. The molecule has 4 aliphatic rings. The third-order valence-corrected chi connectivity index (χ3v) is 11.7. The second-order valence-corrected chi connectivity index (χ2v) is 15.3. The van der Waals surface area contributed by atoms with E-state index in [9.17, 15) is 19.5 Å². The molecule has 5 rings (SSSR count). The smallest absolute Gasteiger partial charge is 0.352 e. The molecule has 1 aromatic rings. The standard InChI is InChI=1S/C42H61NO9/c1-6-7-8-9-10-11-12-13-14-15-16-17-18-19-20-21-35(44)49-29(2)39(45)50-30(3)40(46)51-33-24-25-42(47)34-28-31-22-23-32(48-5)37-36(31)41(42,38(33)52-37)26-27-43(34)4/h13-14,22-24,29-30,34,38,47H,6-12,15-21,25-28H2,1-5H3/b14-13-/t29-,30-,34+,38-,41-,42+/m0/s1. The van der Waals surface area contributed by atoms with Crippen molar-refractivity contribution in [3.63, 3.8) is 0 Å². The first-order valence-corrected chi connectivity index (χ1v) is 19.8. The van der Waals surface area contributed by atoms with Crippen LogP contribution in [-0.2, 0) is 40.4 Å². The first-order chi connectivity index (χ1) is 25.1. The quantitative estimate of drug-likeness (QED) is 0.0594. The van der Waals surface area contributed by atoms with Crippen LogP contribution >= 0.6 is 0 Å². The summed E-state index contributed by atoms with van der Waals surface area (Å²) in [4.78, 5) is 40.7. The summed E-state index contributed by atoms with van der Waals surface area (Å²) in [5.41, 5.74) is 0.0723. The summed E-state index contributed by atoms with van der Waals surface area (Å²) in [6, 6.07) is 3.79. The zero-order chi connectivity index (χ0) is 37.3.